The summed E-state index contributed by atoms with van der Waals surface area (Å²) in [5, 5.41) is 0. The first-order chi connectivity index (χ1) is 8.56. The summed E-state index contributed by atoms with van der Waals surface area (Å²) >= 11 is 5.03. The van der Waals surface area contributed by atoms with E-state index in [4.69, 9.17) is 18.0 Å². The van der Waals surface area contributed by atoms with Gasteiger partial charge in [0.1, 0.15) is 10.7 Å². The number of likely N-dealkylation sites (N-methyl/N-ethyl adjacent to an activating group) is 1. The molecule has 0 aliphatic rings. The molecule has 1 heterocycles. The number of rotatable bonds is 7. The highest BCUT2D eigenvalue weighted by atomic mass is 32.1. The lowest BCUT2D eigenvalue weighted by Gasteiger charge is -2.26. The van der Waals surface area contributed by atoms with E-state index in [2.05, 4.69) is 40.8 Å². The molecule has 2 N–H and O–H groups in total. The number of hydrogen-bond donors (Lipinski definition) is 1. The van der Waals surface area contributed by atoms with E-state index in [1.165, 1.54) is 0 Å². The summed E-state index contributed by atoms with van der Waals surface area (Å²) in [7, 11) is 4.10. The van der Waals surface area contributed by atoms with Crippen molar-refractivity contribution in [2.45, 2.75) is 13.3 Å². The van der Waals surface area contributed by atoms with Gasteiger partial charge in [-0.1, -0.05) is 19.1 Å². The van der Waals surface area contributed by atoms with Crippen LogP contribution in [-0.4, -0.2) is 53.6 Å². The third-order valence-corrected chi connectivity index (χ3v) is 2.72. The number of nitrogens with two attached hydrogens (primary N) is 1. The van der Waals surface area contributed by atoms with E-state index in [1.807, 2.05) is 0 Å². The second kappa shape index (κ2) is 7.23. The molecule has 0 unspecified atom stereocenters. The van der Waals surface area contributed by atoms with Crippen molar-refractivity contribution >= 4 is 23.0 Å². The largest absolute Gasteiger partial charge is 0.388 e. The highest BCUT2D eigenvalue weighted by molar-refractivity contribution is 7.80. The summed E-state index contributed by atoms with van der Waals surface area (Å²) in [6, 6.07) is 0. The molecule has 0 fully saturated rings. The summed E-state index contributed by atoms with van der Waals surface area (Å²) in [6.45, 7) is 4.89. The highest BCUT2D eigenvalue weighted by Crippen LogP contribution is 2.15. The normalized spacial score (nSPS) is 10.7. The van der Waals surface area contributed by atoms with Gasteiger partial charge in [-0.3, -0.25) is 0 Å². The molecular weight excluding hydrogens is 246 g/mol. The molecule has 0 bridgehead atoms. The zero-order valence-electron chi connectivity index (χ0n) is 11.3. The average molecular weight is 267 g/mol. The third-order valence-electron chi connectivity index (χ3n) is 2.52. The van der Waals surface area contributed by atoms with Crippen LogP contribution in [0.5, 0.6) is 0 Å². The van der Waals surface area contributed by atoms with Gasteiger partial charge >= 0.3 is 0 Å². The first kappa shape index (κ1) is 14.8. The molecule has 0 radical (unpaired) electrons. The molecule has 0 aliphatic carbocycles. The quantitative estimate of drug-likeness (QED) is 0.740. The Labute approximate surface area is 114 Å². The maximum absolute atomic E-state index is 5.70. The van der Waals surface area contributed by atoms with Gasteiger partial charge in [0.25, 0.3) is 0 Å². The van der Waals surface area contributed by atoms with E-state index >= 15 is 0 Å². The molecular formula is C12H21N5S. The van der Waals surface area contributed by atoms with Crippen LogP contribution < -0.4 is 10.6 Å². The van der Waals surface area contributed by atoms with Crippen LogP contribution in [0.25, 0.3) is 0 Å². The third kappa shape index (κ3) is 4.19. The molecule has 0 saturated carbocycles. The van der Waals surface area contributed by atoms with E-state index in [0.717, 1.165) is 31.9 Å². The smallest absolute Gasteiger partial charge is 0.157 e. The Morgan fingerprint density at radius 1 is 1.22 bits per heavy atom. The van der Waals surface area contributed by atoms with Crippen molar-refractivity contribution in [1.82, 2.24) is 14.9 Å². The number of aromatic nitrogens is 2. The van der Waals surface area contributed by atoms with Crippen LogP contribution in [0.2, 0.25) is 0 Å². The molecule has 18 heavy (non-hydrogen) atoms. The second-order valence-corrected chi connectivity index (χ2v) is 4.82. The fourth-order valence-electron chi connectivity index (χ4n) is 1.65. The minimum Gasteiger partial charge on any atom is -0.388 e. The first-order valence-corrected chi connectivity index (χ1v) is 6.47. The van der Waals surface area contributed by atoms with E-state index in [0.29, 0.717) is 10.7 Å². The van der Waals surface area contributed by atoms with Crippen LogP contribution in [0, 0.1) is 0 Å². The van der Waals surface area contributed by atoms with Crippen LogP contribution in [0.3, 0.4) is 0 Å². The molecule has 0 aromatic carbocycles. The summed E-state index contributed by atoms with van der Waals surface area (Å²) in [4.78, 5) is 13.2. The molecule has 1 aromatic rings. The van der Waals surface area contributed by atoms with Gasteiger partial charge in [0, 0.05) is 32.0 Å². The van der Waals surface area contributed by atoms with E-state index in [-0.39, 0.29) is 0 Å². The minimum absolute atomic E-state index is 0.295. The van der Waals surface area contributed by atoms with Crippen molar-refractivity contribution in [3.63, 3.8) is 0 Å². The van der Waals surface area contributed by atoms with Crippen molar-refractivity contribution in [1.29, 1.82) is 0 Å². The molecule has 0 amide bonds. The highest BCUT2D eigenvalue weighted by Gasteiger charge is 2.14. The number of anilines is 1. The van der Waals surface area contributed by atoms with Gasteiger partial charge in [-0.2, -0.15) is 0 Å². The molecule has 0 aliphatic heterocycles. The van der Waals surface area contributed by atoms with Gasteiger partial charge < -0.3 is 15.5 Å². The molecule has 0 saturated heterocycles. The Hall–Kier alpha value is -1.27. The second-order valence-electron chi connectivity index (χ2n) is 4.38. The lowest BCUT2D eigenvalue weighted by atomic mass is 10.3. The minimum atomic E-state index is 0.295. The Balaban J connectivity index is 2.93. The van der Waals surface area contributed by atoms with Crippen LogP contribution in [0.4, 0.5) is 5.82 Å². The monoisotopic (exact) mass is 267 g/mol. The van der Waals surface area contributed by atoms with E-state index in [1.54, 1.807) is 12.4 Å². The zero-order chi connectivity index (χ0) is 13.5. The van der Waals surface area contributed by atoms with Crippen LogP contribution in [-0.2, 0) is 0 Å². The first-order valence-electron chi connectivity index (χ1n) is 6.06. The molecule has 1 rings (SSSR count). The van der Waals surface area contributed by atoms with E-state index in [9.17, 15) is 0 Å². The van der Waals surface area contributed by atoms with Crippen molar-refractivity contribution in [3.8, 4) is 0 Å². The standard InChI is InChI=1S/C12H21N5S/c1-4-7-17(9-8-16(2)3)12-10(11(13)18)14-5-6-15-12/h5-6H,4,7-9H2,1-3H3,(H2,13,18). The maximum atomic E-state index is 5.70. The summed E-state index contributed by atoms with van der Waals surface area (Å²) in [6.07, 6.45) is 4.34. The molecule has 1 aromatic heterocycles. The number of nitrogens with zero attached hydrogens (tertiary/aromatic N) is 4. The Morgan fingerprint density at radius 2 is 1.89 bits per heavy atom. The maximum Gasteiger partial charge on any atom is 0.157 e. The lowest BCUT2D eigenvalue weighted by molar-refractivity contribution is 0.412. The predicted molar refractivity (Wildman–Crippen MR) is 79.0 cm³/mol. The fourth-order valence-corrected chi connectivity index (χ4v) is 1.79. The zero-order valence-corrected chi connectivity index (χ0v) is 12.1. The number of thiocarbonyl (C=S) groups is 1. The van der Waals surface area contributed by atoms with Gasteiger partial charge in [0.15, 0.2) is 5.82 Å². The number of hydrogen-bond acceptors (Lipinski definition) is 5. The molecule has 100 valence electrons. The van der Waals surface area contributed by atoms with Gasteiger partial charge in [-0.15, -0.1) is 0 Å². The summed E-state index contributed by atoms with van der Waals surface area (Å²) < 4.78 is 0. The molecule has 0 atom stereocenters. The lowest BCUT2D eigenvalue weighted by Crippen LogP contribution is -2.34. The van der Waals surface area contributed by atoms with Crippen molar-refractivity contribution in [2.75, 3.05) is 38.6 Å². The van der Waals surface area contributed by atoms with Gasteiger partial charge in [0.2, 0.25) is 0 Å². The van der Waals surface area contributed by atoms with Crippen LogP contribution in [0.15, 0.2) is 12.4 Å². The average Bonchev–Trinajstić information content (AvgIpc) is 2.34. The van der Waals surface area contributed by atoms with Gasteiger partial charge in [-0.25, -0.2) is 9.97 Å². The van der Waals surface area contributed by atoms with Crippen molar-refractivity contribution in [3.05, 3.63) is 18.1 Å². The molecule has 5 nitrogen and oxygen atoms in total. The molecule has 6 heteroatoms. The van der Waals surface area contributed by atoms with Gasteiger partial charge in [0.05, 0.1) is 0 Å². The van der Waals surface area contributed by atoms with Crippen molar-refractivity contribution < 1.29 is 0 Å². The SMILES string of the molecule is CCCN(CCN(C)C)c1nccnc1C(N)=S. The predicted octanol–water partition coefficient (Wildman–Crippen LogP) is 0.889. The fraction of sp³-hybridized carbons (Fsp3) is 0.583. The summed E-state index contributed by atoms with van der Waals surface area (Å²) in [5.74, 6) is 0.786. The Morgan fingerprint density at radius 3 is 2.44 bits per heavy atom. The topological polar surface area (TPSA) is 58.3 Å². The van der Waals surface area contributed by atoms with E-state index < -0.39 is 0 Å². The van der Waals surface area contributed by atoms with Crippen molar-refractivity contribution in [2.24, 2.45) is 5.73 Å². The summed E-state index contributed by atoms with van der Waals surface area (Å²) in [5.41, 5.74) is 6.31. The van der Waals surface area contributed by atoms with Crippen LogP contribution in [0.1, 0.15) is 19.0 Å². The Kier molecular flexibility index (Phi) is 5.94. The Bertz CT molecular complexity index is 394. The van der Waals surface area contributed by atoms with Gasteiger partial charge in [-0.05, 0) is 20.5 Å². The van der Waals surface area contributed by atoms with Crippen LogP contribution >= 0.6 is 12.2 Å². The molecule has 0 spiro atoms.